The molecule has 1 aromatic carbocycles. The number of methoxy groups -OCH3 is 1. The van der Waals surface area contributed by atoms with Gasteiger partial charge < -0.3 is 9.47 Å². The van der Waals surface area contributed by atoms with E-state index in [-0.39, 0.29) is 23.0 Å². The Kier molecular flexibility index (Phi) is 5.99. The summed E-state index contributed by atoms with van der Waals surface area (Å²) in [6.07, 6.45) is 1.88. The molecule has 1 rings (SSSR count). The molecular weight excluding hydrogens is 259 g/mol. The summed E-state index contributed by atoms with van der Waals surface area (Å²) >= 11 is 0. The van der Waals surface area contributed by atoms with Crippen molar-refractivity contribution < 1.29 is 18.7 Å². The number of rotatable bonds is 7. The van der Waals surface area contributed by atoms with Gasteiger partial charge in [-0.3, -0.25) is 4.79 Å². The predicted molar refractivity (Wildman–Crippen MR) is 76.3 cm³/mol. The van der Waals surface area contributed by atoms with Crippen LogP contribution in [0.2, 0.25) is 0 Å². The summed E-state index contributed by atoms with van der Waals surface area (Å²) in [5.74, 6) is -0.286. The Morgan fingerprint density at radius 3 is 2.60 bits per heavy atom. The zero-order valence-corrected chi connectivity index (χ0v) is 12.7. The lowest BCUT2D eigenvalue weighted by molar-refractivity contribution is -0.145. The van der Waals surface area contributed by atoms with Crippen LogP contribution in [0.3, 0.4) is 0 Å². The third-order valence-electron chi connectivity index (χ3n) is 3.23. The third kappa shape index (κ3) is 5.19. The second kappa shape index (κ2) is 7.27. The average molecular weight is 282 g/mol. The molecule has 3 nitrogen and oxygen atoms in total. The number of aryl methyl sites for hydroxylation is 1. The van der Waals surface area contributed by atoms with Crippen molar-refractivity contribution in [3.63, 3.8) is 0 Å². The summed E-state index contributed by atoms with van der Waals surface area (Å²) < 4.78 is 23.4. The molecule has 0 atom stereocenters. The van der Waals surface area contributed by atoms with Crippen LogP contribution >= 0.6 is 0 Å². The second-order valence-corrected chi connectivity index (χ2v) is 5.61. The van der Waals surface area contributed by atoms with Crippen LogP contribution < -0.4 is 4.74 Å². The number of halogens is 1. The monoisotopic (exact) mass is 282 g/mol. The smallest absolute Gasteiger partial charge is 0.306 e. The number of benzene rings is 1. The Balaban J connectivity index is 2.57. The lowest BCUT2D eigenvalue weighted by atomic mass is 9.83. The second-order valence-electron chi connectivity index (χ2n) is 5.61. The lowest BCUT2D eigenvalue weighted by Gasteiger charge is -2.23. The van der Waals surface area contributed by atoms with E-state index in [0.29, 0.717) is 19.4 Å². The Bertz CT molecular complexity index is 455. The van der Waals surface area contributed by atoms with Gasteiger partial charge in [-0.25, -0.2) is 4.39 Å². The van der Waals surface area contributed by atoms with Crippen molar-refractivity contribution in [1.29, 1.82) is 0 Å². The summed E-state index contributed by atoms with van der Waals surface area (Å²) in [5.41, 5.74) is 0.739. The molecule has 0 spiro atoms. The van der Waals surface area contributed by atoms with E-state index in [4.69, 9.17) is 9.47 Å². The molecule has 112 valence electrons. The molecule has 0 saturated heterocycles. The maximum atomic E-state index is 13.6. The molecule has 0 unspecified atom stereocenters. The fourth-order valence-electron chi connectivity index (χ4n) is 2.04. The van der Waals surface area contributed by atoms with Crippen molar-refractivity contribution in [2.24, 2.45) is 5.41 Å². The van der Waals surface area contributed by atoms with Crippen LogP contribution in [-0.4, -0.2) is 19.7 Å². The Morgan fingerprint density at radius 2 is 2.05 bits per heavy atom. The van der Waals surface area contributed by atoms with Crippen LogP contribution in [0.15, 0.2) is 18.2 Å². The molecular formula is C16H23FO3. The van der Waals surface area contributed by atoms with E-state index >= 15 is 0 Å². The molecule has 0 saturated carbocycles. The summed E-state index contributed by atoms with van der Waals surface area (Å²) in [6.45, 7) is 6.23. The Morgan fingerprint density at radius 1 is 1.35 bits per heavy atom. The van der Waals surface area contributed by atoms with Gasteiger partial charge in [0.1, 0.15) is 0 Å². The zero-order chi connectivity index (χ0) is 15.2. The van der Waals surface area contributed by atoms with E-state index in [1.807, 2.05) is 19.9 Å². The number of carbonyl (C=O) groups is 1. The topological polar surface area (TPSA) is 35.5 Å². The maximum Gasteiger partial charge on any atom is 0.306 e. The maximum absolute atomic E-state index is 13.6. The van der Waals surface area contributed by atoms with Gasteiger partial charge in [0.05, 0.1) is 20.1 Å². The largest absolute Gasteiger partial charge is 0.494 e. The molecule has 4 heteroatoms. The van der Waals surface area contributed by atoms with Crippen molar-refractivity contribution in [2.45, 2.75) is 40.0 Å². The highest BCUT2D eigenvalue weighted by Gasteiger charge is 2.22. The van der Waals surface area contributed by atoms with Crippen LogP contribution in [0.25, 0.3) is 0 Å². The summed E-state index contributed by atoms with van der Waals surface area (Å²) in [5, 5.41) is 0. The normalized spacial score (nSPS) is 11.2. The summed E-state index contributed by atoms with van der Waals surface area (Å²) in [7, 11) is 1.44. The Hall–Kier alpha value is -1.58. The molecule has 0 aliphatic rings. The molecule has 0 amide bonds. The number of ether oxygens (including phenoxy) is 2. The first-order valence-electron chi connectivity index (χ1n) is 6.86. The van der Waals surface area contributed by atoms with Crippen molar-refractivity contribution in [1.82, 2.24) is 0 Å². The van der Waals surface area contributed by atoms with Crippen LogP contribution in [-0.2, 0) is 16.0 Å². The van der Waals surface area contributed by atoms with Gasteiger partial charge in [-0.05, 0) is 42.9 Å². The van der Waals surface area contributed by atoms with E-state index in [2.05, 4.69) is 0 Å². The fourth-order valence-corrected chi connectivity index (χ4v) is 2.04. The quantitative estimate of drug-likeness (QED) is 0.715. The predicted octanol–water partition coefficient (Wildman–Crippen LogP) is 3.75. The van der Waals surface area contributed by atoms with Crippen LogP contribution in [0.4, 0.5) is 4.39 Å². The van der Waals surface area contributed by atoms with Crippen molar-refractivity contribution in [3.8, 4) is 5.75 Å². The number of carbonyl (C=O) groups excluding carboxylic acids is 1. The summed E-state index contributed by atoms with van der Waals surface area (Å²) in [6, 6.07) is 4.96. The van der Waals surface area contributed by atoms with Gasteiger partial charge >= 0.3 is 5.97 Å². The number of esters is 1. The highest BCUT2D eigenvalue weighted by atomic mass is 19.1. The molecule has 0 fully saturated rings. The van der Waals surface area contributed by atoms with Crippen LogP contribution in [0.1, 0.15) is 39.2 Å². The highest BCUT2D eigenvalue weighted by molar-refractivity contribution is 5.70. The highest BCUT2D eigenvalue weighted by Crippen LogP contribution is 2.28. The van der Waals surface area contributed by atoms with Crippen molar-refractivity contribution >= 4 is 5.97 Å². The standard InChI is InChI=1S/C16H23FO3/c1-5-20-15(18)11-16(2,3)9-8-12-6-7-14(19-4)13(17)10-12/h6-7,10H,5,8-9,11H2,1-4H3. The zero-order valence-electron chi connectivity index (χ0n) is 12.7. The molecule has 0 bridgehead atoms. The van der Waals surface area contributed by atoms with Gasteiger partial charge in [0.15, 0.2) is 11.6 Å². The van der Waals surface area contributed by atoms with Crippen LogP contribution in [0, 0.1) is 11.2 Å². The van der Waals surface area contributed by atoms with E-state index < -0.39 is 0 Å². The van der Waals surface area contributed by atoms with E-state index in [1.165, 1.54) is 13.2 Å². The van der Waals surface area contributed by atoms with Gasteiger partial charge in [-0.1, -0.05) is 19.9 Å². The molecule has 1 aromatic rings. The van der Waals surface area contributed by atoms with Gasteiger partial charge in [0.25, 0.3) is 0 Å². The lowest BCUT2D eigenvalue weighted by Crippen LogP contribution is -2.19. The summed E-state index contributed by atoms with van der Waals surface area (Å²) in [4.78, 5) is 11.5. The van der Waals surface area contributed by atoms with Crippen molar-refractivity contribution in [3.05, 3.63) is 29.6 Å². The molecule has 0 heterocycles. The molecule has 0 aromatic heterocycles. The molecule has 0 N–H and O–H groups in total. The third-order valence-corrected chi connectivity index (χ3v) is 3.23. The molecule has 0 radical (unpaired) electrons. The van der Waals surface area contributed by atoms with Gasteiger partial charge in [-0.15, -0.1) is 0 Å². The molecule has 20 heavy (non-hydrogen) atoms. The van der Waals surface area contributed by atoms with Crippen molar-refractivity contribution in [2.75, 3.05) is 13.7 Å². The average Bonchev–Trinajstić information content (AvgIpc) is 2.36. The van der Waals surface area contributed by atoms with Crippen LogP contribution in [0.5, 0.6) is 5.75 Å². The first-order chi connectivity index (χ1) is 9.38. The SMILES string of the molecule is CCOC(=O)CC(C)(C)CCc1ccc(OC)c(F)c1. The van der Waals surface area contributed by atoms with E-state index in [1.54, 1.807) is 13.0 Å². The van der Waals surface area contributed by atoms with E-state index in [0.717, 1.165) is 12.0 Å². The fraction of sp³-hybridized carbons (Fsp3) is 0.562. The first-order valence-corrected chi connectivity index (χ1v) is 6.86. The minimum Gasteiger partial charge on any atom is -0.494 e. The molecule has 0 aliphatic heterocycles. The molecule has 0 aliphatic carbocycles. The Labute approximate surface area is 120 Å². The number of hydrogen-bond donors (Lipinski definition) is 0. The number of hydrogen-bond acceptors (Lipinski definition) is 3. The van der Waals surface area contributed by atoms with E-state index in [9.17, 15) is 9.18 Å². The van der Waals surface area contributed by atoms with Gasteiger partial charge in [0, 0.05) is 0 Å². The first kappa shape index (κ1) is 16.5. The van der Waals surface area contributed by atoms with Gasteiger partial charge in [-0.2, -0.15) is 0 Å². The van der Waals surface area contributed by atoms with Gasteiger partial charge in [0.2, 0.25) is 0 Å². The minimum absolute atomic E-state index is 0.164. The minimum atomic E-state index is -0.354.